The van der Waals surface area contributed by atoms with E-state index in [1.54, 1.807) is 30.7 Å². The average Bonchev–Trinajstić information content (AvgIpc) is 3.06. The van der Waals surface area contributed by atoms with Crippen LogP contribution in [0.15, 0.2) is 73.3 Å². The van der Waals surface area contributed by atoms with E-state index in [0.29, 0.717) is 11.1 Å². The van der Waals surface area contributed by atoms with Gasteiger partial charge in [-0.15, -0.1) is 0 Å². The second kappa shape index (κ2) is 6.08. The number of carbonyl (C=O) groups is 1. The maximum Gasteiger partial charge on any atom is 0.196 e. The SMILES string of the molecule is O=C(c1cccnc1)c1c[nH]c2ncc(Cc3ccccc3)cc12. The molecule has 4 rings (SSSR count). The molecule has 0 atom stereocenters. The lowest BCUT2D eigenvalue weighted by Gasteiger charge is -2.03. The number of rotatable bonds is 4. The summed E-state index contributed by atoms with van der Waals surface area (Å²) in [4.78, 5) is 24.3. The number of aromatic nitrogens is 3. The standard InChI is InChI=1S/C20H15N3O/c24-19(16-7-4-8-21-12-16)18-13-23-20-17(18)10-15(11-22-20)9-14-5-2-1-3-6-14/h1-8,10-13H,9H2,(H,22,23). The number of hydrogen-bond donors (Lipinski definition) is 1. The van der Waals surface area contributed by atoms with Gasteiger partial charge in [-0.3, -0.25) is 9.78 Å². The van der Waals surface area contributed by atoms with Crippen LogP contribution in [0, 0.1) is 0 Å². The van der Waals surface area contributed by atoms with Gasteiger partial charge in [0.05, 0.1) is 0 Å². The van der Waals surface area contributed by atoms with Crippen molar-refractivity contribution in [2.45, 2.75) is 6.42 Å². The van der Waals surface area contributed by atoms with Crippen LogP contribution in [0.4, 0.5) is 0 Å². The van der Waals surface area contributed by atoms with E-state index in [1.807, 2.05) is 30.5 Å². The van der Waals surface area contributed by atoms with Crippen LogP contribution < -0.4 is 0 Å². The number of ketones is 1. The molecule has 1 aromatic carbocycles. The van der Waals surface area contributed by atoms with Crippen molar-refractivity contribution < 1.29 is 4.79 Å². The summed E-state index contributed by atoms with van der Waals surface area (Å²) in [7, 11) is 0. The van der Waals surface area contributed by atoms with Crippen molar-refractivity contribution >= 4 is 16.8 Å². The molecule has 0 aliphatic heterocycles. The molecular weight excluding hydrogens is 298 g/mol. The first-order valence-corrected chi connectivity index (χ1v) is 7.76. The van der Waals surface area contributed by atoms with E-state index in [4.69, 9.17) is 0 Å². The van der Waals surface area contributed by atoms with E-state index in [2.05, 4.69) is 27.1 Å². The second-order valence-electron chi connectivity index (χ2n) is 5.68. The van der Waals surface area contributed by atoms with Gasteiger partial charge in [-0.1, -0.05) is 30.3 Å². The maximum atomic E-state index is 12.7. The third-order valence-electron chi connectivity index (χ3n) is 4.01. The van der Waals surface area contributed by atoms with Gasteiger partial charge in [-0.05, 0) is 35.7 Å². The number of pyridine rings is 2. The second-order valence-corrected chi connectivity index (χ2v) is 5.68. The Bertz CT molecular complexity index is 991. The summed E-state index contributed by atoms with van der Waals surface area (Å²) < 4.78 is 0. The van der Waals surface area contributed by atoms with E-state index in [0.717, 1.165) is 23.0 Å². The molecule has 4 nitrogen and oxygen atoms in total. The Morgan fingerprint density at radius 1 is 1.00 bits per heavy atom. The normalized spacial score (nSPS) is 10.8. The molecule has 0 spiro atoms. The highest BCUT2D eigenvalue weighted by molar-refractivity contribution is 6.15. The Morgan fingerprint density at radius 2 is 1.88 bits per heavy atom. The quantitative estimate of drug-likeness (QED) is 0.583. The van der Waals surface area contributed by atoms with Gasteiger partial charge in [0.15, 0.2) is 5.78 Å². The Hall–Kier alpha value is -3.27. The van der Waals surface area contributed by atoms with Gasteiger partial charge in [-0.2, -0.15) is 0 Å². The molecule has 0 unspecified atom stereocenters. The molecule has 4 heteroatoms. The zero-order valence-electron chi connectivity index (χ0n) is 12.9. The van der Waals surface area contributed by atoms with Crippen molar-refractivity contribution in [3.8, 4) is 0 Å². The van der Waals surface area contributed by atoms with Crippen LogP contribution in [0.2, 0.25) is 0 Å². The van der Waals surface area contributed by atoms with E-state index >= 15 is 0 Å². The summed E-state index contributed by atoms with van der Waals surface area (Å²) in [5.74, 6) is -0.0481. The number of H-pyrrole nitrogens is 1. The number of nitrogens with zero attached hydrogens (tertiary/aromatic N) is 2. The molecule has 116 valence electrons. The first kappa shape index (κ1) is 14.3. The lowest BCUT2D eigenvalue weighted by Crippen LogP contribution is -2.01. The van der Waals surface area contributed by atoms with Gasteiger partial charge in [0, 0.05) is 41.3 Å². The van der Waals surface area contributed by atoms with E-state index in [-0.39, 0.29) is 5.78 Å². The number of carbonyl (C=O) groups excluding carboxylic acids is 1. The molecule has 4 aromatic rings. The third kappa shape index (κ3) is 2.70. The summed E-state index contributed by atoms with van der Waals surface area (Å²) in [6.45, 7) is 0. The summed E-state index contributed by atoms with van der Waals surface area (Å²) in [6, 6.07) is 15.8. The Kier molecular flexibility index (Phi) is 3.63. The van der Waals surface area contributed by atoms with Gasteiger partial charge in [0.2, 0.25) is 0 Å². The minimum Gasteiger partial charge on any atom is -0.345 e. The van der Waals surface area contributed by atoms with Gasteiger partial charge in [-0.25, -0.2) is 4.98 Å². The molecule has 0 bridgehead atoms. The fourth-order valence-corrected chi connectivity index (χ4v) is 2.82. The molecule has 0 aliphatic rings. The molecule has 0 fully saturated rings. The Morgan fingerprint density at radius 3 is 2.67 bits per heavy atom. The van der Waals surface area contributed by atoms with Crippen LogP contribution in [-0.4, -0.2) is 20.7 Å². The first-order valence-electron chi connectivity index (χ1n) is 7.76. The molecule has 24 heavy (non-hydrogen) atoms. The van der Waals surface area contributed by atoms with Crippen LogP contribution in [0.1, 0.15) is 27.0 Å². The number of hydrogen-bond acceptors (Lipinski definition) is 3. The molecule has 0 saturated heterocycles. The number of benzene rings is 1. The van der Waals surface area contributed by atoms with Gasteiger partial charge in [0.1, 0.15) is 5.65 Å². The molecule has 3 heterocycles. The molecule has 1 N–H and O–H groups in total. The number of fused-ring (bicyclic) bond motifs is 1. The van der Waals surface area contributed by atoms with Crippen molar-refractivity contribution in [3.05, 3.63) is 95.6 Å². The van der Waals surface area contributed by atoms with Crippen LogP contribution >= 0.6 is 0 Å². The summed E-state index contributed by atoms with van der Waals surface area (Å²) >= 11 is 0. The summed E-state index contributed by atoms with van der Waals surface area (Å²) in [5.41, 5.74) is 4.22. The van der Waals surface area contributed by atoms with Crippen molar-refractivity contribution in [1.82, 2.24) is 15.0 Å². The Labute approximate surface area is 139 Å². The van der Waals surface area contributed by atoms with E-state index in [1.165, 1.54) is 5.56 Å². The van der Waals surface area contributed by atoms with Crippen molar-refractivity contribution in [3.63, 3.8) is 0 Å². The lowest BCUT2D eigenvalue weighted by atomic mass is 10.0. The van der Waals surface area contributed by atoms with Gasteiger partial charge < -0.3 is 4.98 Å². The van der Waals surface area contributed by atoms with Crippen LogP contribution in [0.3, 0.4) is 0 Å². The predicted octanol–water partition coefficient (Wildman–Crippen LogP) is 3.78. The molecule has 0 saturated carbocycles. The molecule has 3 aromatic heterocycles. The third-order valence-corrected chi connectivity index (χ3v) is 4.01. The van der Waals surface area contributed by atoms with Crippen molar-refractivity contribution in [2.75, 3.05) is 0 Å². The fraction of sp³-hybridized carbons (Fsp3) is 0.0500. The maximum absolute atomic E-state index is 12.7. The predicted molar refractivity (Wildman–Crippen MR) is 93.0 cm³/mol. The fourth-order valence-electron chi connectivity index (χ4n) is 2.82. The van der Waals surface area contributed by atoms with E-state index < -0.39 is 0 Å². The zero-order valence-corrected chi connectivity index (χ0v) is 12.9. The largest absolute Gasteiger partial charge is 0.345 e. The first-order chi connectivity index (χ1) is 11.8. The van der Waals surface area contributed by atoms with E-state index in [9.17, 15) is 4.79 Å². The topological polar surface area (TPSA) is 58.6 Å². The molecule has 0 amide bonds. The average molecular weight is 313 g/mol. The highest BCUT2D eigenvalue weighted by Gasteiger charge is 2.15. The Balaban J connectivity index is 1.72. The summed E-state index contributed by atoms with van der Waals surface area (Å²) in [5, 5.41) is 0.845. The minimum absolute atomic E-state index is 0.0481. The lowest BCUT2D eigenvalue weighted by molar-refractivity contribution is 0.104. The minimum atomic E-state index is -0.0481. The van der Waals surface area contributed by atoms with Crippen molar-refractivity contribution in [1.29, 1.82) is 0 Å². The monoisotopic (exact) mass is 313 g/mol. The highest BCUT2D eigenvalue weighted by Crippen LogP contribution is 2.22. The van der Waals surface area contributed by atoms with Crippen LogP contribution in [0.25, 0.3) is 11.0 Å². The zero-order chi connectivity index (χ0) is 16.4. The smallest absolute Gasteiger partial charge is 0.196 e. The van der Waals surface area contributed by atoms with Crippen LogP contribution in [-0.2, 0) is 6.42 Å². The van der Waals surface area contributed by atoms with Gasteiger partial charge in [0.25, 0.3) is 0 Å². The molecule has 0 radical (unpaired) electrons. The van der Waals surface area contributed by atoms with Crippen molar-refractivity contribution in [2.24, 2.45) is 0 Å². The van der Waals surface area contributed by atoms with Gasteiger partial charge >= 0.3 is 0 Å². The van der Waals surface area contributed by atoms with Crippen LogP contribution in [0.5, 0.6) is 0 Å². The molecule has 0 aliphatic carbocycles. The number of nitrogens with one attached hydrogen (secondary N) is 1. The summed E-state index contributed by atoms with van der Waals surface area (Å²) in [6.07, 6.45) is 7.60. The number of aromatic amines is 1. The molecular formula is C20H15N3O. The highest BCUT2D eigenvalue weighted by atomic mass is 16.1.